The number of aromatic nitrogens is 1. The van der Waals surface area contributed by atoms with Gasteiger partial charge in [-0.1, -0.05) is 6.07 Å². The van der Waals surface area contributed by atoms with Crippen LogP contribution in [-0.4, -0.2) is 18.5 Å². The van der Waals surface area contributed by atoms with Crippen LogP contribution in [-0.2, 0) is 16.6 Å². The highest BCUT2D eigenvalue weighted by Gasteiger charge is 2.21. The summed E-state index contributed by atoms with van der Waals surface area (Å²) in [5.74, 6) is 0.203. The van der Waals surface area contributed by atoms with Crippen molar-refractivity contribution in [3.63, 3.8) is 0 Å². The third-order valence-electron chi connectivity index (χ3n) is 2.57. The predicted octanol–water partition coefficient (Wildman–Crippen LogP) is 1.21. The van der Waals surface area contributed by atoms with Gasteiger partial charge in [-0.05, 0) is 30.7 Å². The number of nitrogens with one attached hydrogen (secondary N) is 1. The van der Waals surface area contributed by atoms with E-state index in [9.17, 15) is 8.42 Å². The maximum Gasteiger partial charge on any atom is 0.274 e. The van der Waals surface area contributed by atoms with Gasteiger partial charge in [0.2, 0.25) is 5.09 Å². The lowest BCUT2D eigenvalue weighted by Crippen LogP contribution is -2.26. The smallest absolute Gasteiger partial charge is 0.274 e. The average molecular weight is 282 g/mol. The summed E-state index contributed by atoms with van der Waals surface area (Å²) in [4.78, 5) is 3.93. The molecule has 0 saturated carbocycles. The zero-order chi connectivity index (χ0) is 13.9. The Labute approximate surface area is 111 Å². The molecule has 0 spiro atoms. The molecule has 2 aromatic heterocycles. The van der Waals surface area contributed by atoms with Gasteiger partial charge in [0, 0.05) is 18.4 Å². The van der Waals surface area contributed by atoms with Gasteiger partial charge in [0.05, 0.1) is 0 Å². The van der Waals surface area contributed by atoms with E-state index < -0.39 is 16.1 Å². The van der Waals surface area contributed by atoms with Gasteiger partial charge in [0.1, 0.15) is 12.4 Å². The van der Waals surface area contributed by atoms with E-state index in [1.165, 1.54) is 12.1 Å². The number of aliphatic hydroxyl groups excluding tert-OH is 1. The van der Waals surface area contributed by atoms with Crippen molar-refractivity contribution in [2.75, 3.05) is 0 Å². The van der Waals surface area contributed by atoms with E-state index in [-0.39, 0.29) is 17.5 Å². The highest BCUT2D eigenvalue weighted by atomic mass is 32.2. The molecule has 0 aliphatic carbocycles. The lowest BCUT2D eigenvalue weighted by atomic mass is 10.2. The Morgan fingerprint density at radius 2 is 2.21 bits per heavy atom. The Morgan fingerprint density at radius 3 is 2.79 bits per heavy atom. The van der Waals surface area contributed by atoms with Gasteiger partial charge in [-0.2, -0.15) is 0 Å². The van der Waals surface area contributed by atoms with Gasteiger partial charge in [0.15, 0.2) is 0 Å². The molecule has 0 saturated heterocycles. The number of furan rings is 1. The molecule has 0 aliphatic heterocycles. The van der Waals surface area contributed by atoms with Crippen molar-refractivity contribution in [1.29, 1.82) is 0 Å². The first-order valence-electron chi connectivity index (χ1n) is 5.65. The van der Waals surface area contributed by atoms with E-state index in [1.807, 2.05) is 0 Å². The number of pyridine rings is 1. The molecule has 102 valence electrons. The summed E-state index contributed by atoms with van der Waals surface area (Å²) in [6.45, 7) is 1.37. The van der Waals surface area contributed by atoms with E-state index in [4.69, 9.17) is 9.52 Å². The molecule has 2 aromatic rings. The molecule has 7 heteroatoms. The van der Waals surface area contributed by atoms with E-state index in [0.717, 1.165) is 5.56 Å². The summed E-state index contributed by atoms with van der Waals surface area (Å²) in [5, 5.41) is 8.64. The van der Waals surface area contributed by atoms with Crippen LogP contribution in [0.4, 0.5) is 0 Å². The standard InChI is InChI=1S/C12H14N2O4S/c1-9(10-3-2-6-13-7-10)14-19(16,17)12-5-4-11(8-15)18-12/h2-7,9,14-15H,8H2,1H3. The third kappa shape index (κ3) is 3.19. The molecule has 1 unspecified atom stereocenters. The molecule has 0 radical (unpaired) electrons. The summed E-state index contributed by atoms with van der Waals surface area (Å²) in [5.41, 5.74) is 0.750. The lowest BCUT2D eigenvalue weighted by molar-refractivity contribution is 0.236. The predicted molar refractivity (Wildman–Crippen MR) is 67.6 cm³/mol. The maximum absolute atomic E-state index is 12.0. The summed E-state index contributed by atoms with van der Waals surface area (Å²) < 4.78 is 31.6. The van der Waals surface area contributed by atoms with Crippen LogP contribution in [0, 0.1) is 0 Å². The SMILES string of the molecule is CC(NS(=O)(=O)c1ccc(CO)o1)c1cccnc1. The highest BCUT2D eigenvalue weighted by Crippen LogP contribution is 2.18. The van der Waals surface area contributed by atoms with Crippen LogP contribution in [0.2, 0.25) is 0 Å². The molecule has 2 rings (SSSR count). The first-order valence-corrected chi connectivity index (χ1v) is 7.13. The van der Waals surface area contributed by atoms with Crippen molar-refractivity contribution in [2.45, 2.75) is 24.7 Å². The van der Waals surface area contributed by atoms with E-state index >= 15 is 0 Å². The molecule has 0 bridgehead atoms. The summed E-state index contributed by atoms with van der Waals surface area (Å²) in [7, 11) is -3.75. The van der Waals surface area contributed by atoms with Crippen molar-refractivity contribution in [3.8, 4) is 0 Å². The second kappa shape index (κ2) is 5.52. The summed E-state index contributed by atoms with van der Waals surface area (Å²) in [6, 6.07) is 5.81. The average Bonchev–Trinajstić information content (AvgIpc) is 2.89. The Hall–Kier alpha value is -1.70. The number of rotatable bonds is 5. The molecule has 2 N–H and O–H groups in total. The van der Waals surface area contributed by atoms with Crippen molar-refractivity contribution in [2.24, 2.45) is 0 Å². The Bertz CT molecular complexity index is 637. The van der Waals surface area contributed by atoms with Crippen LogP contribution in [0.1, 0.15) is 24.3 Å². The maximum atomic E-state index is 12.0. The monoisotopic (exact) mass is 282 g/mol. The first-order chi connectivity index (χ1) is 9.03. The van der Waals surface area contributed by atoms with Crippen LogP contribution in [0.15, 0.2) is 46.2 Å². The van der Waals surface area contributed by atoms with Crippen LogP contribution in [0.5, 0.6) is 0 Å². The Kier molecular flexibility index (Phi) is 3.98. The molecule has 0 fully saturated rings. The fourth-order valence-corrected chi connectivity index (χ4v) is 2.76. The number of aliphatic hydroxyl groups is 1. The molecule has 1 atom stereocenters. The molecule has 0 aromatic carbocycles. The number of nitrogens with zero attached hydrogens (tertiary/aromatic N) is 1. The van der Waals surface area contributed by atoms with Gasteiger partial charge in [-0.3, -0.25) is 4.98 Å². The molecule has 0 aliphatic rings. The molecular weight excluding hydrogens is 268 g/mol. The minimum absolute atomic E-state index is 0.203. The number of hydrogen-bond donors (Lipinski definition) is 2. The van der Waals surface area contributed by atoms with Crippen molar-refractivity contribution >= 4 is 10.0 Å². The molecule has 0 amide bonds. The summed E-state index contributed by atoms with van der Waals surface area (Å²) in [6.07, 6.45) is 3.21. The molecular formula is C12H14N2O4S. The summed E-state index contributed by atoms with van der Waals surface area (Å²) >= 11 is 0. The van der Waals surface area contributed by atoms with Gasteiger partial charge in [-0.25, -0.2) is 13.1 Å². The topological polar surface area (TPSA) is 92.4 Å². The quantitative estimate of drug-likeness (QED) is 0.859. The third-order valence-corrected chi connectivity index (χ3v) is 3.99. The number of hydrogen-bond acceptors (Lipinski definition) is 5. The normalized spacial score (nSPS) is 13.4. The minimum Gasteiger partial charge on any atom is -0.446 e. The fourth-order valence-electron chi connectivity index (χ4n) is 1.58. The van der Waals surface area contributed by atoms with Gasteiger partial charge in [-0.15, -0.1) is 0 Å². The van der Waals surface area contributed by atoms with Crippen LogP contribution in [0.25, 0.3) is 0 Å². The van der Waals surface area contributed by atoms with Crippen LogP contribution < -0.4 is 4.72 Å². The van der Waals surface area contributed by atoms with Crippen molar-refractivity contribution in [1.82, 2.24) is 9.71 Å². The van der Waals surface area contributed by atoms with Gasteiger partial charge in [0.25, 0.3) is 10.0 Å². The van der Waals surface area contributed by atoms with Gasteiger partial charge < -0.3 is 9.52 Å². The van der Waals surface area contributed by atoms with Crippen LogP contribution >= 0.6 is 0 Å². The lowest BCUT2D eigenvalue weighted by Gasteiger charge is -2.12. The van der Waals surface area contributed by atoms with E-state index in [1.54, 1.807) is 31.5 Å². The van der Waals surface area contributed by atoms with Crippen LogP contribution in [0.3, 0.4) is 0 Å². The highest BCUT2D eigenvalue weighted by molar-refractivity contribution is 7.89. The zero-order valence-electron chi connectivity index (χ0n) is 10.3. The van der Waals surface area contributed by atoms with E-state index in [0.29, 0.717) is 0 Å². The second-order valence-electron chi connectivity index (χ2n) is 4.01. The minimum atomic E-state index is -3.75. The first kappa shape index (κ1) is 13.7. The van der Waals surface area contributed by atoms with Gasteiger partial charge >= 0.3 is 0 Å². The number of sulfonamides is 1. The van der Waals surface area contributed by atoms with Crippen molar-refractivity contribution in [3.05, 3.63) is 48.0 Å². The van der Waals surface area contributed by atoms with Crippen molar-refractivity contribution < 1.29 is 17.9 Å². The molecule has 19 heavy (non-hydrogen) atoms. The zero-order valence-corrected chi connectivity index (χ0v) is 11.1. The largest absolute Gasteiger partial charge is 0.446 e. The second-order valence-corrected chi connectivity index (χ2v) is 5.65. The molecule has 6 nitrogen and oxygen atoms in total. The Balaban J connectivity index is 2.17. The molecule has 2 heterocycles. The van der Waals surface area contributed by atoms with E-state index in [2.05, 4.69) is 9.71 Å². The fraction of sp³-hybridized carbons (Fsp3) is 0.250. The Morgan fingerprint density at radius 1 is 1.42 bits per heavy atom.